The Morgan fingerprint density at radius 3 is 2.82 bits per heavy atom. The van der Waals surface area contributed by atoms with Crippen LogP contribution in [-0.2, 0) is 4.74 Å². The van der Waals surface area contributed by atoms with Gasteiger partial charge in [0.05, 0.1) is 13.2 Å². The fourth-order valence-corrected chi connectivity index (χ4v) is 1.92. The van der Waals surface area contributed by atoms with E-state index >= 15 is 0 Å². The van der Waals surface area contributed by atoms with Crippen molar-refractivity contribution in [2.24, 2.45) is 0 Å². The predicted molar refractivity (Wildman–Crippen MR) is 71.9 cm³/mol. The molecule has 0 unspecified atom stereocenters. The minimum atomic E-state index is 0.856. The number of morpholine rings is 1. The van der Waals surface area contributed by atoms with Crippen LogP contribution < -0.4 is 5.73 Å². The molecule has 0 aliphatic carbocycles. The molecule has 0 radical (unpaired) electrons. The Morgan fingerprint density at radius 2 is 2.12 bits per heavy atom. The number of nitrogens with two attached hydrogens (primary N) is 1. The molecular weight excluding hydrogens is 212 g/mol. The van der Waals surface area contributed by atoms with E-state index in [-0.39, 0.29) is 0 Å². The zero-order valence-corrected chi connectivity index (χ0v) is 10.4. The third kappa shape index (κ3) is 3.58. The Kier molecular flexibility index (Phi) is 4.18. The van der Waals surface area contributed by atoms with Crippen molar-refractivity contribution in [3.8, 4) is 0 Å². The highest BCUT2D eigenvalue weighted by Gasteiger charge is 2.07. The van der Waals surface area contributed by atoms with Crippen LogP contribution in [0, 0.1) is 6.92 Å². The third-order valence-corrected chi connectivity index (χ3v) is 3.07. The molecule has 0 atom stereocenters. The van der Waals surface area contributed by atoms with E-state index in [1.807, 2.05) is 13.0 Å². The Bertz CT molecular complexity index is 395. The lowest BCUT2D eigenvalue weighted by molar-refractivity contribution is 0.0435. The van der Waals surface area contributed by atoms with Crippen molar-refractivity contribution in [2.45, 2.75) is 6.92 Å². The number of nitrogen functional groups attached to an aromatic ring is 1. The average Bonchev–Trinajstić information content (AvgIpc) is 2.35. The normalized spacial score (nSPS) is 17.7. The van der Waals surface area contributed by atoms with Crippen molar-refractivity contribution in [3.05, 3.63) is 35.4 Å². The summed E-state index contributed by atoms with van der Waals surface area (Å²) in [6.45, 7) is 6.81. The van der Waals surface area contributed by atoms with Crippen molar-refractivity contribution < 1.29 is 4.74 Å². The average molecular weight is 232 g/mol. The zero-order valence-electron chi connectivity index (χ0n) is 10.4. The van der Waals surface area contributed by atoms with E-state index in [1.165, 1.54) is 5.56 Å². The lowest BCUT2D eigenvalue weighted by Crippen LogP contribution is -2.36. The molecule has 3 nitrogen and oxygen atoms in total. The molecule has 1 aliphatic heterocycles. The zero-order chi connectivity index (χ0) is 12.1. The number of hydrogen-bond acceptors (Lipinski definition) is 3. The maximum absolute atomic E-state index is 5.79. The summed E-state index contributed by atoms with van der Waals surface area (Å²) in [6, 6.07) is 6.13. The Labute approximate surface area is 103 Å². The van der Waals surface area contributed by atoms with E-state index in [9.17, 15) is 0 Å². The van der Waals surface area contributed by atoms with Crippen LogP contribution in [0.2, 0.25) is 0 Å². The summed E-state index contributed by atoms with van der Waals surface area (Å²) in [5.74, 6) is 0. The minimum Gasteiger partial charge on any atom is -0.399 e. The molecule has 0 amide bonds. The molecule has 0 saturated carbocycles. The summed E-state index contributed by atoms with van der Waals surface area (Å²) < 4.78 is 5.31. The molecule has 2 rings (SSSR count). The van der Waals surface area contributed by atoms with Crippen LogP contribution in [0.5, 0.6) is 0 Å². The molecule has 1 aliphatic rings. The van der Waals surface area contributed by atoms with E-state index in [0.717, 1.165) is 44.1 Å². The van der Waals surface area contributed by atoms with Crippen LogP contribution in [-0.4, -0.2) is 37.7 Å². The molecule has 1 aromatic carbocycles. The Balaban J connectivity index is 1.88. The van der Waals surface area contributed by atoms with E-state index in [4.69, 9.17) is 10.5 Å². The van der Waals surface area contributed by atoms with Crippen LogP contribution >= 0.6 is 0 Å². The Morgan fingerprint density at radius 1 is 1.35 bits per heavy atom. The lowest BCUT2D eigenvalue weighted by atomic mass is 10.1. The van der Waals surface area contributed by atoms with Gasteiger partial charge in [0, 0.05) is 25.3 Å². The maximum Gasteiger partial charge on any atom is 0.0594 e. The first-order chi connectivity index (χ1) is 8.25. The van der Waals surface area contributed by atoms with Crippen LogP contribution in [0.1, 0.15) is 11.1 Å². The van der Waals surface area contributed by atoms with Gasteiger partial charge in [0.15, 0.2) is 0 Å². The van der Waals surface area contributed by atoms with Crippen LogP contribution in [0.15, 0.2) is 24.3 Å². The first-order valence-corrected chi connectivity index (χ1v) is 6.08. The van der Waals surface area contributed by atoms with Crippen LogP contribution in [0.4, 0.5) is 5.69 Å². The molecule has 0 bridgehead atoms. The smallest absolute Gasteiger partial charge is 0.0594 e. The summed E-state index contributed by atoms with van der Waals surface area (Å²) in [5, 5.41) is 0. The minimum absolute atomic E-state index is 0.856. The number of anilines is 1. The standard InChI is InChI=1S/C14H20N2O/c1-12-11-13(4-5-14(12)15)3-2-6-16-7-9-17-10-8-16/h2-5,11H,6-10,15H2,1H3/b3-2+. The van der Waals surface area contributed by atoms with Crippen molar-refractivity contribution in [3.63, 3.8) is 0 Å². The van der Waals surface area contributed by atoms with Gasteiger partial charge >= 0.3 is 0 Å². The number of nitrogens with zero attached hydrogens (tertiary/aromatic N) is 1. The summed E-state index contributed by atoms with van der Waals surface area (Å²) >= 11 is 0. The molecule has 1 heterocycles. The highest BCUT2D eigenvalue weighted by molar-refractivity contribution is 5.57. The van der Waals surface area contributed by atoms with E-state index in [0.29, 0.717) is 0 Å². The van der Waals surface area contributed by atoms with Gasteiger partial charge in [-0.2, -0.15) is 0 Å². The predicted octanol–water partition coefficient (Wildman–Crippen LogP) is 1.92. The van der Waals surface area contributed by atoms with Crippen molar-refractivity contribution in [1.29, 1.82) is 0 Å². The lowest BCUT2D eigenvalue weighted by Gasteiger charge is -2.25. The van der Waals surface area contributed by atoms with E-state index in [1.54, 1.807) is 0 Å². The molecule has 1 saturated heterocycles. The van der Waals surface area contributed by atoms with Gasteiger partial charge < -0.3 is 10.5 Å². The van der Waals surface area contributed by atoms with Gasteiger partial charge in [-0.25, -0.2) is 0 Å². The molecule has 1 fully saturated rings. The topological polar surface area (TPSA) is 38.5 Å². The second-order valence-electron chi connectivity index (χ2n) is 4.43. The number of hydrogen-bond donors (Lipinski definition) is 1. The van der Waals surface area contributed by atoms with Crippen molar-refractivity contribution >= 4 is 11.8 Å². The van der Waals surface area contributed by atoms with Crippen molar-refractivity contribution in [1.82, 2.24) is 4.90 Å². The van der Waals surface area contributed by atoms with E-state index < -0.39 is 0 Å². The molecule has 2 N–H and O–H groups in total. The SMILES string of the molecule is Cc1cc(/C=C/CN2CCOCC2)ccc1N. The van der Waals surface area contributed by atoms with Gasteiger partial charge in [-0.3, -0.25) is 4.90 Å². The molecule has 0 spiro atoms. The third-order valence-electron chi connectivity index (χ3n) is 3.07. The molecule has 92 valence electrons. The van der Waals surface area contributed by atoms with Gasteiger partial charge in [-0.1, -0.05) is 24.3 Å². The highest BCUT2D eigenvalue weighted by Crippen LogP contribution is 2.13. The largest absolute Gasteiger partial charge is 0.399 e. The maximum atomic E-state index is 5.79. The highest BCUT2D eigenvalue weighted by atomic mass is 16.5. The monoisotopic (exact) mass is 232 g/mol. The summed E-state index contributed by atoms with van der Waals surface area (Å²) in [4.78, 5) is 2.39. The quantitative estimate of drug-likeness (QED) is 0.809. The van der Waals surface area contributed by atoms with Crippen LogP contribution in [0.25, 0.3) is 6.08 Å². The number of benzene rings is 1. The van der Waals surface area contributed by atoms with Crippen molar-refractivity contribution in [2.75, 3.05) is 38.6 Å². The second-order valence-corrected chi connectivity index (χ2v) is 4.43. The van der Waals surface area contributed by atoms with Crippen LogP contribution in [0.3, 0.4) is 0 Å². The molecule has 17 heavy (non-hydrogen) atoms. The molecular formula is C14H20N2O. The fourth-order valence-electron chi connectivity index (χ4n) is 1.92. The van der Waals surface area contributed by atoms with Gasteiger partial charge in [0.1, 0.15) is 0 Å². The van der Waals surface area contributed by atoms with Gasteiger partial charge in [-0.05, 0) is 24.1 Å². The van der Waals surface area contributed by atoms with Gasteiger partial charge in [0.25, 0.3) is 0 Å². The van der Waals surface area contributed by atoms with Gasteiger partial charge in [-0.15, -0.1) is 0 Å². The first-order valence-electron chi connectivity index (χ1n) is 6.08. The van der Waals surface area contributed by atoms with E-state index in [2.05, 4.69) is 29.2 Å². The summed E-state index contributed by atoms with van der Waals surface area (Å²) in [6.07, 6.45) is 4.36. The van der Waals surface area contributed by atoms with Gasteiger partial charge in [0.2, 0.25) is 0 Å². The number of ether oxygens (including phenoxy) is 1. The summed E-state index contributed by atoms with van der Waals surface area (Å²) in [7, 11) is 0. The fraction of sp³-hybridized carbons (Fsp3) is 0.429. The second kappa shape index (κ2) is 5.84. The Hall–Kier alpha value is -1.32. The molecule has 1 aromatic rings. The number of aryl methyl sites for hydroxylation is 1. The molecule has 0 aromatic heterocycles. The summed E-state index contributed by atoms with van der Waals surface area (Å²) in [5.41, 5.74) is 9.00. The molecule has 3 heteroatoms. The number of rotatable bonds is 3. The first kappa shape index (κ1) is 12.1.